The summed E-state index contributed by atoms with van der Waals surface area (Å²) in [5, 5.41) is 9.07. The summed E-state index contributed by atoms with van der Waals surface area (Å²) >= 11 is 0. The Morgan fingerprint density at radius 3 is 2.60 bits per heavy atom. The number of hydrogen-bond acceptors (Lipinski definition) is 4. The summed E-state index contributed by atoms with van der Waals surface area (Å²) in [5.41, 5.74) is -0.469. The van der Waals surface area contributed by atoms with Gasteiger partial charge in [0.25, 0.3) is 0 Å². The second-order valence-corrected chi connectivity index (χ2v) is 6.80. The molecule has 0 aromatic carbocycles. The molecule has 0 aliphatic carbocycles. The van der Waals surface area contributed by atoms with Crippen molar-refractivity contribution in [2.45, 2.75) is 65.1 Å². The number of carbonyl (C=O) groups is 1. The highest BCUT2D eigenvalue weighted by atomic mass is 16.6. The van der Waals surface area contributed by atoms with Crippen LogP contribution in [0, 0.1) is 0 Å². The molecule has 0 bridgehead atoms. The van der Waals surface area contributed by atoms with Gasteiger partial charge in [-0.2, -0.15) is 0 Å². The highest BCUT2D eigenvalue weighted by Crippen LogP contribution is 2.21. The molecule has 118 valence electrons. The summed E-state index contributed by atoms with van der Waals surface area (Å²) in [4.78, 5) is 16.5. The van der Waals surface area contributed by atoms with Crippen LogP contribution in [0.1, 0.15) is 47.5 Å². The zero-order valence-corrected chi connectivity index (χ0v) is 13.6. The molecule has 5 nitrogen and oxygen atoms in total. The van der Waals surface area contributed by atoms with Gasteiger partial charge in [-0.1, -0.05) is 0 Å². The fraction of sp³-hybridized carbons (Fsp3) is 0.933. The van der Waals surface area contributed by atoms with Gasteiger partial charge in [0, 0.05) is 25.2 Å². The lowest BCUT2D eigenvalue weighted by Gasteiger charge is -2.41. The van der Waals surface area contributed by atoms with Gasteiger partial charge in [-0.05, 0) is 54.0 Å². The summed E-state index contributed by atoms with van der Waals surface area (Å²) < 4.78 is 5.53. The van der Waals surface area contributed by atoms with Gasteiger partial charge in [0.2, 0.25) is 0 Å². The molecule has 0 saturated carbocycles. The minimum Gasteiger partial charge on any atom is -0.444 e. The lowest BCUT2D eigenvalue weighted by atomic mass is 10.0. The quantitative estimate of drug-likeness (QED) is 0.860. The second-order valence-electron chi connectivity index (χ2n) is 6.80. The first-order valence-electron chi connectivity index (χ1n) is 7.59. The highest BCUT2D eigenvalue weighted by molar-refractivity contribution is 5.69. The number of carbonyl (C=O) groups excluding carboxylic acids is 1. The van der Waals surface area contributed by atoms with Crippen LogP contribution in [0.15, 0.2) is 0 Å². The van der Waals surface area contributed by atoms with Crippen LogP contribution in [0.3, 0.4) is 0 Å². The Balaban J connectivity index is 2.72. The van der Waals surface area contributed by atoms with Gasteiger partial charge in [-0.3, -0.25) is 4.90 Å². The third kappa shape index (κ3) is 5.29. The van der Waals surface area contributed by atoms with E-state index >= 15 is 0 Å². The van der Waals surface area contributed by atoms with Crippen LogP contribution in [-0.4, -0.2) is 64.9 Å². The highest BCUT2D eigenvalue weighted by Gasteiger charge is 2.33. The number of hydrogen-bond donors (Lipinski definition) is 1. The lowest BCUT2D eigenvalue weighted by molar-refractivity contribution is -0.00319. The van der Waals surface area contributed by atoms with E-state index in [1.54, 1.807) is 0 Å². The van der Waals surface area contributed by atoms with Crippen molar-refractivity contribution in [1.82, 2.24) is 9.80 Å². The number of piperidine rings is 1. The molecule has 1 amide bonds. The maximum Gasteiger partial charge on any atom is 0.410 e. The first-order valence-corrected chi connectivity index (χ1v) is 7.59. The van der Waals surface area contributed by atoms with E-state index < -0.39 is 5.60 Å². The van der Waals surface area contributed by atoms with Crippen molar-refractivity contribution < 1.29 is 14.6 Å². The Hall–Kier alpha value is -0.810. The summed E-state index contributed by atoms with van der Waals surface area (Å²) in [6.45, 7) is 12.4. The number of aliphatic hydroxyl groups is 1. The number of rotatable bonds is 4. The second kappa shape index (κ2) is 7.27. The van der Waals surface area contributed by atoms with E-state index in [1.165, 1.54) is 0 Å². The fourth-order valence-corrected chi connectivity index (χ4v) is 2.70. The minimum atomic E-state index is -0.469. The molecule has 1 rings (SSSR count). The number of ether oxygens (including phenoxy) is 1. The summed E-state index contributed by atoms with van der Waals surface area (Å²) in [6, 6.07) is 0.286. The Bertz CT molecular complexity index is 311. The molecule has 0 spiro atoms. The van der Waals surface area contributed by atoms with Crippen molar-refractivity contribution in [3.05, 3.63) is 0 Å². The Labute approximate surface area is 122 Å². The largest absolute Gasteiger partial charge is 0.444 e. The molecule has 20 heavy (non-hydrogen) atoms. The van der Waals surface area contributed by atoms with Crippen molar-refractivity contribution in [2.24, 2.45) is 0 Å². The van der Waals surface area contributed by atoms with Gasteiger partial charge in [-0.15, -0.1) is 0 Å². The van der Waals surface area contributed by atoms with Crippen molar-refractivity contribution >= 4 is 6.09 Å². The van der Waals surface area contributed by atoms with Crippen molar-refractivity contribution in [3.63, 3.8) is 0 Å². The molecule has 1 N–H and O–H groups in total. The minimum absolute atomic E-state index is 0.115. The molecule has 1 heterocycles. The molecule has 0 radical (unpaired) electrons. The molecular formula is C15H30N2O3. The van der Waals surface area contributed by atoms with Crippen LogP contribution in [0.25, 0.3) is 0 Å². The van der Waals surface area contributed by atoms with Gasteiger partial charge in [0.1, 0.15) is 5.60 Å². The first-order chi connectivity index (χ1) is 9.24. The van der Waals surface area contributed by atoms with Crippen LogP contribution >= 0.6 is 0 Å². The van der Waals surface area contributed by atoms with E-state index in [0.29, 0.717) is 6.54 Å². The number of aliphatic hydroxyl groups excluding tert-OH is 1. The van der Waals surface area contributed by atoms with Crippen molar-refractivity contribution in [1.29, 1.82) is 0 Å². The summed E-state index contributed by atoms with van der Waals surface area (Å²) in [6.07, 6.45) is 1.82. The van der Waals surface area contributed by atoms with Gasteiger partial charge in [0.05, 0.1) is 6.61 Å². The third-order valence-corrected chi connectivity index (χ3v) is 3.45. The van der Waals surface area contributed by atoms with Gasteiger partial charge < -0.3 is 14.7 Å². The number of likely N-dealkylation sites (tertiary alicyclic amines) is 1. The zero-order valence-electron chi connectivity index (χ0n) is 13.6. The van der Waals surface area contributed by atoms with Crippen LogP contribution in [0.5, 0.6) is 0 Å². The standard InChI is InChI=1S/C15H30N2O3/c1-12(2)17(14(19)20-15(3,4)5)13-7-6-8-16(11-13)9-10-18/h12-13,18H,6-11H2,1-5H3/t13-/m0/s1. The van der Waals surface area contributed by atoms with E-state index in [9.17, 15) is 4.79 Å². The van der Waals surface area contributed by atoms with E-state index in [0.717, 1.165) is 25.9 Å². The van der Waals surface area contributed by atoms with Crippen LogP contribution in [0.2, 0.25) is 0 Å². The topological polar surface area (TPSA) is 53.0 Å². The first kappa shape index (κ1) is 17.2. The fourth-order valence-electron chi connectivity index (χ4n) is 2.70. The SMILES string of the molecule is CC(C)N(C(=O)OC(C)(C)C)[C@H]1CCCN(CCO)C1. The molecule has 1 aliphatic rings. The van der Waals surface area contributed by atoms with E-state index in [4.69, 9.17) is 9.84 Å². The van der Waals surface area contributed by atoms with Crippen LogP contribution < -0.4 is 0 Å². The van der Waals surface area contributed by atoms with Gasteiger partial charge in [-0.25, -0.2) is 4.79 Å². The Morgan fingerprint density at radius 1 is 1.45 bits per heavy atom. The van der Waals surface area contributed by atoms with E-state index in [2.05, 4.69) is 4.90 Å². The smallest absolute Gasteiger partial charge is 0.410 e. The molecule has 1 atom stereocenters. The van der Waals surface area contributed by atoms with Gasteiger partial charge >= 0.3 is 6.09 Å². The maximum absolute atomic E-state index is 12.4. The molecular weight excluding hydrogens is 256 g/mol. The van der Waals surface area contributed by atoms with Crippen LogP contribution in [-0.2, 0) is 4.74 Å². The predicted molar refractivity (Wildman–Crippen MR) is 79.8 cm³/mol. The molecule has 1 saturated heterocycles. The molecule has 1 fully saturated rings. The van der Waals surface area contributed by atoms with E-state index in [1.807, 2.05) is 39.5 Å². The number of β-amino-alcohol motifs (C(OH)–C–C–N with tert-alkyl or cyclic N) is 1. The number of nitrogens with zero attached hydrogens (tertiary/aromatic N) is 2. The molecule has 5 heteroatoms. The average molecular weight is 286 g/mol. The maximum atomic E-state index is 12.4. The van der Waals surface area contributed by atoms with E-state index in [-0.39, 0.29) is 24.8 Å². The normalized spacial score (nSPS) is 21.1. The summed E-state index contributed by atoms with van der Waals surface area (Å²) in [7, 11) is 0. The number of amides is 1. The van der Waals surface area contributed by atoms with Crippen molar-refractivity contribution in [2.75, 3.05) is 26.2 Å². The average Bonchev–Trinajstić information content (AvgIpc) is 2.26. The lowest BCUT2D eigenvalue weighted by Crippen LogP contribution is -2.54. The summed E-state index contributed by atoms with van der Waals surface area (Å²) in [5.74, 6) is 0. The molecule has 0 unspecified atom stereocenters. The Kier molecular flexibility index (Phi) is 6.27. The van der Waals surface area contributed by atoms with Crippen LogP contribution in [0.4, 0.5) is 4.79 Å². The van der Waals surface area contributed by atoms with Crippen molar-refractivity contribution in [3.8, 4) is 0 Å². The third-order valence-electron chi connectivity index (χ3n) is 3.45. The molecule has 0 aromatic heterocycles. The predicted octanol–water partition coefficient (Wildman–Crippen LogP) is 2.09. The van der Waals surface area contributed by atoms with Gasteiger partial charge in [0.15, 0.2) is 0 Å². The molecule has 0 aromatic rings. The Morgan fingerprint density at radius 2 is 2.10 bits per heavy atom. The zero-order chi connectivity index (χ0) is 15.3. The monoisotopic (exact) mass is 286 g/mol. The molecule has 1 aliphatic heterocycles.